The molecule has 0 aliphatic carbocycles. The fourth-order valence-electron chi connectivity index (χ4n) is 3.07. The van der Waals surface area contributed by atoms with Crippen molar-refractivity contribution >= 4 is 0 Å². The predicted octanol–water partition coefficient (Wildman–Crippen LogP) is 2.94. The highest BCUT2D eigenvalue weighted by molar-refractivity contribution is 5.33. The van der Waals surface area contributed by atoms with Crippen LogP contribution in [0.15, 0.2) is 30.3 Å². The number of methoxy groups -OCH3 is 1. The first-order valence-corrected chi connectivity index (χ1v) is 8.47. The molecule has 24 heavy (non-hydrogen) atoms. The second-order valence-electron chi connectivity index (χ2n) is 6.67. The van der Waals surface area contributed by atoms with Crippen LogP contribution < -0.4 is 10.1 Å². The molecule has 1 N–H and O–H groups in total. The van der Waals surface area contributed by atoms with E-state index in [0.717, 1.165) is 30.2 Å². The second-order valence-corrected chi connectivity index (χ2v) is 6.67. The largest absolute Gasteiger partial charge is 0.481 e. The van der Waals surface area contributed by atoms with E-state index in [4.69, 9.17) is 4.74 Å². The molecule has 2 rings (SSSR count). The Balaban J connectivity index is 2.10. The molecule has 5 nitrogen and oxygen atoms in total. The lowest BCUT2D eigenvalue weighted by Gasteiger charge is -2.25. The van der Waals surface area contributed by atoms with E-state index in [9.17, 15) is 0 Å². The van der Waals surface area contributed by atoms with Gasteiger partial charge in [-0.3, -0.25) is 0 Å². The number of ether oxygens (including phenoxy) is 1. The molecule has 0 amide bonds. The monoisotopic (exact) mass is 330 g/mol. The predicted molar refractivity (Wildman–Crippen MR) is 98.4 cm³/mol. The van der Waals surface area contributed by atoms with E-state index in [1.807, 2.05) is 11.7 Å². The van der Waals surface area contributed by atoms with Crippen LogP contribution >= 0.6 is 0 Å². The SMILES string of the molecule is COc1c(CNC[C@H](c2ccccc2)N(C)C)c(C(C)C)nn1C. The van der Waals surface area contributed by atoms with Gasteiger partial charge in [-0.15, -0.1) is 0 Å². The minimum atomic E-state index is 0.330. The third-order valence-corrected chi connectivity index (χ3v) is 4.31. The van der Waals surface area contributed by atoms with Crippen LogP contribution in [0.25, 0.3) is 0 Å². The van der Waals surface area contributed by atoms with E-state index < -0.39 is 0 Å². The van der Waals surface area contributed by atoms with Gasteiger partial charge in [-0.1, -0.05) is 44.2 Å². The summed E-state index contributed by atoms with van der Waals surface area (Å²) in [5, 5.41) is 8.20. The van der Waals surface area contributed by atoms with Gasteiger partial charge >= 0.3 is 0 Å². The van der Waals surface area contributed by atoms with Gasteiger partial charge in [0.05, 0.1) is 18.4 Å². The lowest BCUT2D eigenvalue weighted by Crippen LogP contribution is -2.31. The zero-order chi connectivity index (χ0) is 17.7. The minimum Gasteiger partial charge on any atom is -0.481 e. The second kappa shape index (κ2) is 8.31. The van der Waals surface area contributed by atoms with Gasteiger partial charge in [-0.05, 0) is 25.6 Å². The number of nitrogens with one attached hydrogen (secondary N) is 1. The summed E-state index contributed by atoms with van der Waals surface area (Å²) in [6, 6.07) is 10.9. The highest BCUT2D eigenvalue weighted by Crippen LogP contribution is 2.27. The summed E-state index contributed by atoms with van der Waals surface area (Å²) in [7, 11) is 7.87. The Bertz CT molecular complexity index is 634. The van der Waals surface area contributed by atoms with Crippen molar-refractivity contribution < 1.29 is 4.74 Å². The Morgan fingerprint density at radius 1 is 1.21 bits per heavy atom. The zero-order valence-corrected chi connectivity index (χ0v) is 15.7. The Morgan fingerprint density at radius 2 is 1.88 bits per heavy atom. The molecule has 0 fully saturated rings. The molecule has 1 heterocycles. The van der Waals surface area contributed by atoms with Crippen molar-refractivity contribution in [2.24, 2.45) is 7.05 Å². The van der Waals surface area contributed by atoms with Crippen LogP contribution in [0.3, 0.4) is 0 Å². The summed E-state index contributed by atoms with van der Waals surface area (Å²) < 4.78 is 7.37. The Labute approximate surface area is 145 Å². The summed E-state index contributed by atoms with van der Waals surface area (Å²) in [5.74, 6) is 1.21. The van der Waals surface area contributed by atoms with Crippen LogP contribution in [0.1, 0.15) is 42.6 Å². The van der Waals surface area contributed by atoms with Crippen LogP contribution in [-0.4, -0.2) is 42.4 Å². The van der Waals surface area contributed by atoms with Crippen LogP contribution in [0.5, 0.6) is 5.88 Å². The number of likely N-dealkylation sites (N-methyl/N-ethyl adjacent to an activating group) is 1. The van der Waals surface area contributed by atoms with E-state index in [0.29, 0.717) is 12.0 Å². The van der Waals surface area contributed by atoms with Crippen molar-refractivity contribution in [2.75, 3.05) is 27.7 Å². The van der Waals surface area contributed by atoms with Gasteiger partial charge in [-0.2, -0.15) is 5.10 Å². The van der Waals surface area contributed by atoms with Crippen molar-refractivity contribution in [3.05, 3.63) is 47.2 Å². The normalized spacial score (nSPS) is 12.8. The maximum atomic E-state index is 5.55. The molecule has 0 bridgehead atoms. The van der Waals surface area contributed by atoms with Crippen LogP contribution in [0.4, 0.5) is 0 Å². The first-order valence-electron chi connectivity index (χ1n) is 8.47. The van der Waals surface area contributed by atoms with Crippen molar-refractivity contribution in [2.45, 2.75) is 32.4 Å². The van der Waals surface area contributed by atoms with Gasteiger partial charge in [0.2, 0.25) is 5.88 Å². The molecule has 5 heteroatoms. The summed E-state index contributed by atoms with van der Waals surface area (Å²) in [6.45, 7) is 5.95. The molecule has 0 radical (unpaired) electrons. The molecule has 1 aromatic carbocycles. The minimum absolute atomic E-state index is 0.330. The molecule has 1 aromatic heterocycles. The topological polar surface area (TPSA) is 42.3 Å². The quantitative estimate of drug-likeness (QED) is 0.808. The van der Waals surface area contributed by atoms with E-state index >= 15 is 0 Å². The van der Waals surface area contributed by atoms with Gasteiger partial charge in [-0.25, -0.2) is 4.68 Å². The first kappa shape index (κ1) is 18.5. The van der Waals surface area contributed by atoms with E-state index in [1.54, 1.807) is 7.11 Å². The van der Waals surface area contributed by atoms with Crippen molar-refractivity contribution in [1.29, 1.82) is 0 Å². The summed E-state index contributed by atoms with van der Waals surface area (Å²) in [4.78, 5) is 2.24. The van der Waals surface area contributed by atoms with Gasteiger partial charge in [0.15, 0.2) is 0 Å². The highest BCUT2D eigenvalue weighted by atomic mass is 16.5. The molecule has 1 atom stereocenters. The molecule has 0 aliphatic heterocycles. The summed E-state index contributed by atoms with van der Waals surface area (Å²) in [6.07, 6.45) is 0. The van der Waals surface area contributed by atoms with E-state index in [-0.39, 0.29) is 0 Å². The lowest BCUT2D eigenvalue weighted by atomic mass is 10.0. The average molecular weight is 330 g/mol. The standard InChI is InChI=1S/C19H30N4O/c1-14(2)18-16(19(24-6)23(5)21-18)12-20-13-17(22(3)4)15-10-8-7-9-11-15/h7-11,14,17,20H,12-13H2,1-6H3/t17-/m1/s1. The molecule has 0 saturated carbocycles. The van der Waals surface area contributed by atoms with Gasteiger partial charge < -0.3 is 15.0 Å². The maximum absolute atomic E-state index is 5.55. The van der Waals surface area contributed by atoms with Gasteiger partial charge in [0, 0.05) is 26.2 Å². The van der Waals surface area contributed by atoms with Crippen molar-refractivity contribution in [1.82, 2.24) is 20.0 Å². The third-order valence-electron chi connectivity index (χ3n) is 4.31. The zero-order valence-electron chi connectivity index (χ0n) is 15.7. The molecule has 0 spiro atoms. The summed E-state index contributed by atoms with van der Waals surface area (Å²) in [5.41, 5.74) is 3.57. The first-order chi connectivity index (χ1) is 11.5. The van der Waals surface area contributed by atoms with Crippen molar-refractivity contribution in [3.63, 3.8) is 0 Å². The molecule has 0 unspecified atom stereocenters. The number of hydrogen-bond acceptors (Lipinski definition) is 4. The number of hydrogen-bond donors (Lipinski definition) is 1. The van der Waals surface area contributed by atoms with Gasteiger partial charge in [0.25, 0.3) is 0 Å². The maximum Gasteiger partial charge on any atom is 0.216 e. The third kappa shape index (κ3) is 4.16. The smallest absolute Gasteiger partial charge is 0.216 e. The van der Waals surface area contributed by atoms with Crippen LogP contribution in [0.2, 0.25) is 0 Å². The molecular weight excluding hydrogens is 300 g/mol. The molecular formula is C19H30N4O. The van der Waals surface area contributed by atoms with Crippen LogP contribution in [0, 0.1) is 0 Å². The number of aromatic nitrogens is 2. The fourth-order valence-corrected chi connectivity index (χ4v) is 3.07. The molecule has 132 valence electrons. The number of benzene rings is 1. The molecule has 2 aromatic rings. The Kier molecular flexibility index (Phi) is 6.40. The number of aryl methyl sites for hydroxylation is 1. The Morgan fingerprint density at radius 3 is 2.42 bits per heavy atom. The van der Waals surface area contributed by atoms with Gasteiger partial charge in [0.1, 0.15) is 0 Å². The average Bonchev–Trinajstić information content (AvgIpc) is 2.88. The Hall–Kier alpha value is -1.85. The molecule has 0 aliphatic rings. The number of nitrogens with zero attached hydrogens (tertiary/aromatic N) is 3. The lowest BCUT2D eigenvalue weighted by molar-refractivity contribution is 0.287. The fraction of sp³-hybridized carbons (Fsp3) is 0.526. The highest BCUT2D eigenvalue weighted by Gasteiger charge is 2.20. The molecule has 0 saturated heterocycles. The summed E-state index contributed by atoms with van der Waals surface area (Å²) >= 11 is 0. The van der Waals surface area contributed by atoms with Crippen LogP contribution in [-0.2, 0) is 13.6 Å². The van der Waals surface area contributed by atoms with E-state index in [1.165, 1.54) is 5.56 Å². The van der Waals surface area contributed by atoms with Crippen molar-refractivity contribution in [3.8, 4) is 5.88 Å². The number of rotatable bonds is 8. The van der Waals surface area contributed by atoms with E-state index in [2.05, 4.69) is 73.6 Å².